The lowest BCUT2D eigenvalue weighted by molar-refractivity contribution is 0.248. The smallest absolute Gasteiger partial charge is 0.193 e. The number of benzene rings is 1. The van der Waals surface area contributed by atoms with Crippen LogP contribution in [0.25, 0.3) is 0 Å². The first kappa shape index (κ1) is 20.0. The van der Waals surface area contributed by atoms with Gasteiger partial charge in [0.1, 0.15) is 11.6 Å². The summed E-state index contributed by atoms with van der Waals surface area (Å²) < 4.78 is 28.5. The number of nitrogens with one attached hydrogen (secondary N) is 1. The molecular weight excluding hydrogens is 348 g/mol. The molecule has 0 saturated carbocycles. The van der Waals surface area contributed by atoms with E-state index in [2.05, 4.69) is 20.1 Å². The average molecular weight is 379 g/mol. The second kappa shape index (κ2) is 8.97. The van der Waals surface area contributed by atoms with E-state index in [4.69, 9.17) is 0 Å². The summed E-state index contributed by atoms with van der Waals surface area (Å²) >= 11 is 0. The topological polar surface area (TPSA) is 34.1 Å². The SMILES string of the molecule is CN=C(NCC(c1c(F)cccc1F)N(C)C)N1CCC(N2CCCC2)C1. The number of aliphatic imine (C=N–C) groups is 1. The minimum absolute atomic E-state index is 0.0989. The van der Waals surface area contributed by atoms with E-state index < -0.39 is 17.7 Å². The molecule has 2 saturated heterocycles. The second-order valence-corrected chi connectivity index (χ2v) is 7.67. The monoisotopic (exact) mass is 379 g/mol. The van der Waals surface area contributed by atoms with Crippen molar-refractivity contribution in [3.63, 3.8) is 0 Å². The lowest BCUT2D eigenvalue weighted by Crippen LogP contribution is -2.45. The van der Waals surface area contributed by atoms with Gasteiger partial charge in [-0.1, -0.05) is 6.07 Å². The van der Waals surface area contributed by atoms with Crippen molar-refractivity contribution in [1.82, 2.24) is 20.0 Å². The van der Waals surface area contributed by atoms with Gasteiger partial charge in [-0.3, -0.25) is 9.89 Å². The van der Waals surface area contributed by atoms with Crippen LogP contribution < -0.4 is 5.32 Å². The van der Waals surface area contributed by atoms with Crippen LogP contribution in [0.5, 0.6) is 0 Å². The van der Waals surface area contributed by atoms with Crippen LogP contribution in [0.2, 0.25) is 0 Å². The van der Waals surface area contributed by atoms with Crippen LogP contribution in [-0.4, -0.2) is 80.6 Å². The summed E-state index contributed by atoms with van der Waals surface area (Å²) in [5.41, 5.74) is 0.0989. The normalized spacial score (nSPS) is 22.7. The minimum atomic E-state index is -0.513. The molecule has 7 heteroatoms. The third-order valence-corrected chi connectivity index (χ3v) is 5.74. The Bertz CT molecular complexity index is 638. The fourth-order valence-corrected chi connectivity index (χ4v) is 4.23. The predicted molar refractivity (Wildman–Crippen MR) is 105 cm³/mol. The van der Waals surface area contributed by atoms with Gasteiger partial charge in [-0.2, -0.15) is 0 Å². The summed E-state index contributed by atoms with van der Waals surface area (Å²) in [4.78, 5) is 11.1. The Morgan fingerprint density at radius 1 is 1.22 bits per heavy atom. The molecule has 0 amide bonds. The maximum atomic E-state index is 14.3. The summed E-state index contributed by atoms with van der Waals surface area (Å²) in [5.74, 6) is -0.221. The molecule has 2 fully saturated rings. The van der Waals surface area contributed by atoms with Crippen molar-refractivity contribution in [2.24, 2.45) is 4.99 Å². The Balaban J connectivity index is 1.64. The van der Waals surface area contributed by atoms with Gasteiger partial charge < -0.3 is 15.1 Å². The molecule has 150 valence electrons. The lowest BCUT2D eigenvalue weighted by atomic mass is 10.0. The molecule has 0 spiro atoms. The Labute approximate surface area is 161 Å². The maximum Gasteiger partial charge on any atom is 0.193 e. The van der Waals surface area contributed by atoms with Crippen molar-refractivity contribution in [2.75, 3.05) is 53.9 Å². The van der Waals surface area contributed by atoms with E-state index in [0.717, 1.165) is 25.5 Å². The molecule has 2 aliphatic rings. The third-order valence-electron chi connectivity index (χ3n) is 5.74. The zero-order valence-corrected chi connectivity index (χ0v) is 16.6. The van der Waals surface area contributed by atoms with E-state index >= 15 is 0 Å². The van der Waals surface area contributed by atoms with Crippen LogP contribution in [-0.2, 0) is 0 Å². The number of likely N-dealkylation sites (N-methyl/N-ethyl adjacent to an activating group) is 1. The number of nitrogens with zero attached hydrogens (tertiary/aromatic N) is 4. The Morgan fingerprint density at radius 3 is 2.48 bits per heavy atom. The van der Waals surface area contributed by atoms with E-state index in [1.165, 1.54) is 44.1 Å². The number of likely N-dealkylation sites (tertiary alicyclic amines) is 2. The molecule has 2 heterocycles. The molecule has 0 radical (unpaired) electrons. The summed E-state index contributed by atoms with van der Waals surface area (Å²) in [5, 5.41) is 3.34. The van der Waals surface area contributed by atoms with Crippen LogP contribution >= 0.6 is 0 Å². The largest absolute Gasteiger partial charge is 0.354 e. The molecule has 0 bridgehead atoms. The third kappa shape index (κ3) is 4.58. The molecule has 5 nitrogen and oxygen atoms in total. The first-order valence-corrected chi connectivity index (χ1v) is 9.81. The number of halogens is 2. The highest BCUT2D eigenvalue weighted by Crippen LogP contribution is 2.24. The standard InChI is InChI=1S/C20H31F2N5/c1-23-20(27-12-9-15(14-27)26-10-4-5-11-26)24-13-18(25(2)3)19-16(21)7-6-8-17(19)22/h6-8,15,18H,4-5,9-14H2,1-3H3,(H,23,24). The van der Waals surface area contributed by atoms with Crippen LogP contribution in [0.15, 0.2) is 23.2 Å². The van der Waals surface area contributed by atoms with Crippen molar-refractivity contribution in [3.05, 3.63) is 35.4 Å². The van der Waals surface area contributed by atoms with Gasteiger partial charge in [-0.15, -0.1) is 0 Å². The van der Waals surface area contributed by atoms with E-state index in [-0.39, 0.29) is 5.56 Å². The van der Waals surface area contributed by atoms with Crippen molar-refractivity contribution in [3.8, 4) is 0 Å². The van der Waals surface area contributed by atoms with E-state index in [0.29, 0.717) is 12.6 Å². The summed E-state index contributed by atoms with van der Waals surface area (Å²) in [6.45, 7) is 4.70. The van der Waals surface area contributed by atoms with Crippen LogP contribution in [0.3, 0.4) is 0 Å². The number of guanidine groups is 1. The molecule has 0 aromatic heterocycles. The van der Waals surface area contributed by atoms with E-state index in [1.807, 2.05) is 19.0 Å². The van der Waals surface area contributed by atoms with Gasteiger partial charge in [0.2, 0.25) is 0 Å². The van der Waals surface area contributed by atoms with E-state index in [9.17, 15) is 8.78 Å². The Morgan fingerprint density at radius 2 is 1.89 bits per heavy atom. The first-order chi connectivity index (χ1) is 13.0. The van der Waals surface area contributed by atoms with Gasteiger partial charge in [0.05, 0.1) is 6.04 Å². The predicted octanol–water partition coefficient (Wildman–Crippen LogP) is 2.31. The van der Waals surface area contributed by atoms with Gasteiger partial charge in [-0.05, 0) is 58.6 Å². The van der Waals surface area contributed by atoms with E-state index in [1.54, 1.807) is 7.05 Å². The Hall–Kier alpha value is -1.73. The number of hydrogen-bond acceptors (Lipinski definition) is 3. The molecule has 2 aliphatic heterocycles. The van der Waals surface area contributed by atoms with Gasteiger partial charge in [0.25, 0.3) is 0 Å². The molecular formula is C20H31F2N5. The summed E-state index contributed by atoms with van der Waals surface area (Å²) in [7, 11) is 5.43. The quantitative estimate of drug-likeness (QED) is 0.629. The van der Waals surface area contributed by atoms with Gasteiger partial charge in [0.15, 0.2) is 5.96 Å². The van der Waals surface area contributed by atoms with Crippen molar-refractivity contribution >= 4 is 5.96 Å². The molecule has 2 unspecified atom stereocenters. The minimum Gasteiger partial charge on any atom is -0.354 e. The first-order valence-electron chi connectivity index (χ1n) is 9.81. The van der Waals surface area contributed by atoms with Gasteiger partial charge in [0, 0.05) is 38.3 Å². The molecule has 27 heavy (non-hydrogen) atoms. The lowest BCUT2D eigenvalue weighted by Gasteiger charge is -2.29. The number of rotatable bonds is 5. The molecule has 3 rings (SSSR count). The molecule has 1 N–H and O–H groups in total. The van der Waals surface area contributed by atoms with Crippen molar-refractivity contribution in [2.45, 2.75) is 31.3 Å². The average Bonchev–Trinajstić information content (AvgIpc) is 3.31. The zero-order chi connectivity index (χ0) is 19.4. The molecule has 2 atom stereocenters. The van der Waals surface area contributed by atoms with Gasteiger partial charge >= 0.3 is 0 Å². The Kier molecular flexibility index (Phi) is 6.65. The molecule has 0 aliphatic carbocycles. The summed E-state index contributed by atoms with van der Waals surface area (Å²) in [6.07, 6.45) is 3.73. The highest BCUT2D eigenvalue weighted by Gasteiger charge is 2.31. The van der Waals surface area contributed by atoms with Crippen LogP contribution in [0.1, 0.15) is 30.9 Å². The summed E-state index contributed by atoms with van der Waals surface area (Å²) in [6, 6.07) is 4.19. The van der Waals surface area contributed by atoms with Crippen LogP contribution in [0, 0.1) is 11.6 Å². The van der Waals surface area contributed by atoms with Crippen molar-refractivity contribution in [1.29, 1.82) is 0 Å². The fourth-order valence-electron chi connectivity index (χ4n) is 4.23. The molecule has 1 aromatic rings. The number of hydrogen-bond donors (Lipinski definition) is 1. The maximum absolute atomic E-state index is 14.3. The zero-order valence-electron chi connectivity index (χ0n) is 16.6. The van der Waals surface area contributed by atoms with Crippen molar-refractivity contribution < 1.29 is 8.78 Å². The second-order valence-electron chi connectivity index (χ2n) is 7.67. The highest BCUT2D eigenvalue weighted by molar-refractivity contribution is 5.80. The molecule has 1 aromatic carbocycles. The van der Waals surface area contributed by atoms with Gasteiger partial charge in [-0.25, -0.2) is 8.78 Å². The highest BCUT2D eigenvalue weighted by atomic mass is 19.1. The fraction of sp³-hybridized carbons (Fsp3) is 0.650. The van der Waals surface area contributed by atoms with Crippen LogP contribution in [0.4, 0.5) is 8.78 Å².